The number of fused-ring (bicyclic) bond motifs is 1. The Balaban J connectivity index is 1.57. The van der Waals surface area contributed by atoms with Crippen molar-refractivity contribution in [1.29, 1.82) is 0 Å². The monoisotopic (exact) mass is 536 g/mol. The van der Waals surface area contributed by atoms with Gasteiger partial charge in [-0.05, 0) is 101 Å². The fourth-order valence-corrected chi connectivity index (χ4v) is 5.22. The predicted octanol–water partition coefficient (Wildman–Crippen LogP) is 5.86. The molecule has 0 fully saturated rings. The number of nitrogens with zero attached hydrogens (tertiary/aromatic N) is 3. The molecule has 0 saturated heterocycles. The van der Waals surface area contributed by atoms with Crippen LogP contribution in [0, 0.1) is 12.8 Å². The maximum Gasteiger partial charge on any atom is 0.222 e. The molecule has 0 aliphatic heterocycles. The fourth-order valence-electron chi connectivity index (χ4n) is 5.22. The summed E-state index contributed by atoms with van der Waals surface area (Å²) < 4.78 is 5.67. The lowest BCUT2D eigenvalue weighted by atomic mass is 9.89. The Morgan fingerprint density at radius 1 is 1.00 bits per heavy atom. The van der Waals surface area contributed by atoms with Crippen molar-refractivity contribution in [3.63, 3.8) is 0 Å². The molecule has 214 valence electrons. The van der Waals surface area contributed by atoms with E-state index in [1.807, 2.05) is 19.3 Å². The fraction of sp³-hybridized carbons (Fsp3) is 0.656. The molecular weight excluding hydrogens is 488 g/mol. The van der Waals surface area contributed by atoms with Gasteiger partial charge in [-0.15, -0.1) is 0 Å². The highest BCUT2D eigenvalue weighted by Gasteiger charge is 2.19. The van der Waals surface area contributed by atoms with E-state index in [0.29, 0.717) is 32.0 Å². The number of Topliss-reactive ketones (excluding diaryl/α,β-unsaturated/α-hetero) is 1. The van der Waals surface area contributed by atoms with E-state index in [-0.39, 0.29) is 23.7 Å². The predicted molar refractivity (Wildman–Crippen MR) is 155 cm³/mol. The highest BCUT2D eigenvalue weighted by atomic mass is 16.5. The first-order valence-electron chi connectivity index (χ1n) is 14.9. The molecule has 0 saturated carbocycles. The molecule has 1 amide bonds. The van der Waals surface area contributed by atoms with Gasteiger partial charge in [-0.25, -0.2) is 9.97 Å². The van der Waals surface area contributed by atoms with Crippen LogP contribution in [0.15, 0.2) is 24.5 Å². The number of ether oxygens (including phenoxy) is 1. The summed E-state index contributed by atoms with van der Waals surface area (Å²) in [6, 6.07) is 4.46. The second-order valence-corrected chi connectivity index (χ2v) is 11.6. The molecule has 0 spiro atoms. The van der Waals surface area contributed by atoms with Gasteiger partial charge in [0, 0.05) is 49.3 Å². The number of rotatable bonds is 17. The molecule has 1 N–H and O–H groups in total. The van der Waals surface area contributed by atoms with Gasteiger partial charge in [0.25, 0.3) is 0 Å². The van der Waals surface area contributed by atoms with Gasteiger partial charge in [0.05, 0.1) is 6.61 Å². The zero-order valence-electron chi connectivity index (χ0n) is 24.5. The summed E-state index contributed by atoms with van der Waals surface area (Å²) in [6.45, 7) is 8.99. The van der Waals surface area contributed by atoms with E-state index >= 15 is 0 Å². The summed E-state index contributed by atoms with van der Waals surface area (Å²) in [4.78, 5) is 38.4. The van der Waals surface area contributed by atoms with E-state index in [4.69, 9.17) is 9.72 Å². The van der Waals surface area contributed by atoms with Crippen molar-refractivity contribution in [2.75, 3.05) is 13.2 Å². The smallest absolute Gasteiger partial charge is 0.222 e. The van der Waals surface area contributed by atoms with Gasteiger partial charge in [-0.2, -0.15) is 0 Å². The third kappa shape index (κ3) is 11.5. The average Bonchev–Trinajstić information content (AvgIpc) is 2.90. The molecule has 2 atom stereocenters. The minimum atomic E-state index is 0.0372. The van der Waals surface area contributed by atoms with Crippen molar-refractivity contribution in [2.24, 2.45) is 5.92 Å². The van der Waals surface area contributed by atoms with Gasteiger partial charge in [0.2, 0.25) is 5.91 Å². The summed E-state index contributed by atoms with van der Waals surface area (Å²) in [5, 5.41) is 3.27. The van der Waals surface area contributed by atoms with E-state index in [0.717, 1.165) is 68.4 Å². The molecule has 7 heteroatoms. The number of ketones is 1. The number of hydrogen-bond donors (Lipinski definition) is 1. The number of aryl methyl sites for hydroxylation is 4. The maximum atomic E-state index is 12.8. The molecule has 0 aromatic carbocycles. The molecule has 0 bridgehead atoms. The molecule has 1 aliphatic rings. The highest BCUT2D eigenvalue weighted by molar-refractivity contribution is 5.76. The van der Waals surface area contributed by atoms with Crippen LogP contribution in [0.1, 0.15) is 113 Å². The lowest BCUT2D eigenvalue weighted by molar-refractivity contribution is -0.123. The van der Waals surface area contributed by atoms with Gasteiger partial charge in [0.15, 0.2) is 0 Å². The van der Waals surface area contributed by atoms with Gasteiger partial charge < -0.3 is 14.8 Å². The summed E-state index contributed by atoms with van der Waals surface area (Å²) in [5.74, 6) is 1.62. The van der Waals surface area contributed by atoms with Crippen LogP contribution in [0.2, 0.25) is 0 Å². The third-order valence-electron chi connectivity index (χ3n) is 7.57. The van der Waals surface area contributed by atoms with Crippen molar-refractivity contribution in [1.82, 2.24) is 20.3 Å². The maximum absolute atomic E-state index is 12.8. The van der Waals surface area contributed by atoms with Crippen LogP contribution in [0.25, 0.3) is 0 Å². The Bertz CT molecular complexity index is 1040. The number of nitrogens with one attached hydrogen (secondary N) is 1. The molecule has 1 unspecified atom stereocenters. The van der Waals surface area contributed by atoms with E-state index in [1.165, 1.54) is 24.1 Å². The first kappa shape index (κ1) is 30.9. The zero-order chi connectivity index (χ0) is 28.0. The van der Waals surface area contributed by atoms with Gasteiger partial charge in [0.1, 0.15) is 11.6 Å². The molecule has 7 nitrogen and oxygen atoms in total. The molecule has 2 heterocycles. The topological polar surface area (TPSA) is 94.1 Å². The van der Waals surface area contributed by atoms with Crippen molar-refractivity contribution in [3.05, 3.63) is 52.9 Å². The molecule has 39 heavy (non-hydrogen) atoms. The SMILES string of the molecule is CC(=O)C[C@H](CCCC(CCc1ccc2c(n1)CCCC2)NC(=O)CCOCCC(C)C)c1cnc(C)nc1. The highest BCUT2D eigenvalue weighted by Crippen LogP contribution is 2.26. The Morgan fingerprint density at radius 3 is 2.51 bits per heavy atom. The largest absolute Gasteiger partial charge is 0.381 e. The van der Waals surface area contributed by atoms with E-state index < -0.39 is 0 Å². The Hall–Kier alpha value is -2.67. The standard InChI is InChI=1S/C32H48N4O3/c1-23(2)16-18-39-19-17-32(38)36-29(14-15-30-13-12-26-8-5-6-11-31(26)35-30)10-7-9-27(20-24(3)37)28-21-33-25(4)34-22-28/h12-13,21-23,27,29H,5-11,14-20H2,1-4H3,(H,36,38)/t27-,29?/m0/s1. The third-order valence-corrected chi connectivity index (χ3v) is 7.57. The molecule has 0 radical (unpaired) electrons. The van der Waals surface area contributed by atoms with E-state index in [1.54, 1.807) is 6.92 Å². The summed E-state index contributed by atoms with van der Waals surface area (Å²) >= 11 is 0. The number of carbonyl (C=O) groups excluding carboxylic acids is 2. The van der Waals surface area contributed by atoms with Gasteiger partial charge in [-0.3, -0.25) is 9.78 Å². The van der Waals surface area contributed by atoms with Crippen LogP contribution < -0.4 is 5.32 Å². The van der Waals surface area contributed by atoms with Crippen molar-refractivity contribution in [3.8, 4) is 0 Å². The number of pyridine rings is 1. The van der Waals surface area contributed by atoms with Crippen LogP contribution >= 0.6 is 0 Å². The van der Waals surface area contributed by atoms with E-state index in [9.17, 15) is 9.59 Å². The van der Waals surface area contributed by atoms with Crippen molar-refractivity contribution in [2.45, 2.75) is 117 Å². The Morgan fingerprint density at radius 2 is 1.77 bits per heavy atom. The van der Waals surface area contributed by atoms with Crippen LogP contribution in [-0.4, -0.2) is 45.9 Å². The van der Waals surface area contributed by atoms with Crippen LogP contribution in [0.3, 0.4) is 0 Å². The number of aromatic nitrogens is 3. The second-order valence-electron chi connectivity index (χ2n) is 11.6. The molecule has 2 aromatic heterocycles. The minimum Gasteiger partial charge on any atom is -0.381 e. The molecule has 3 rings (SSSR count). The molecular formula is C32H48N4O3. The second kappa shape index (κ2) is 16.4. The van der Waals surface area contributed by atoms with Gasteiger partial charge in [-0.1, -0.05) is 26.3 Å². The van der Waals surface area contributed by atoms with Crippen LogP contribution in [0.4, 0.5) is 0 Å². The minimum absolute atomic E-state index is 0.0372. The lowest BCUT2D eigenvalue weighted by Gasteiger charge is -2.21. The Labute approximate surface area is 235 Å². The quantitative estimate of drug-likeness (QED) is 0.254. The van der Waals surface area contributed by atoms with Crippen LogP contribution in [-0.2, 0) is 33.6 Å². The van der Waals surface area contributed by atoms with Gasteiger partial charge >= 0.3 is 0 Å². The van der Waals surface area contributed by atoms with Crippen LogP contribution in [0.5, 0.6) is 0 Å². The Kier molecular flexibility index (Phi) is 13.0. The zero-order valence-corrected chi connectivity index (χ0v) is 24.5. The summed E-state index contributed by atoms with van der Waals surface area (Å²) in [5.41, 5.74) is 4.76. The number of amides is 1. The first-order valence-corrected chi connectivity index (χ1v) is 14.9. The first-order chi connectivity index (χ1) is 18.8. The van der Waals surface area contributed by atoms with Crippen molar-refractivity contribution >= 4 is 11.7 Å². The average molecular weight is 537 g/mol. The van der Waals surface area contributed by atoms with Crippen molar-refractivity contribution < 1.29 is 14.3 Å². The molecule has 1 aliphatic carbocycles. The normalized spacial score (nSPS) is 14.6. The summed E-state index contributed by atoms with van der Waals surface area (Å²) in [7, 11) is 0. The number of carbonyl (C=O) groups is 2. The molecule has 2 aromatic rings. The number of hydrogen-bond acceptors (Lipinski definition) is 6. The lowest BCUT2D eigenvalue weighted by Crippen LogP contribution is -2.36. The summed E-state index contributed by atoms with van der Waals surface area (Å²) in [6.07, 6.45) is 14.5. The van der Waals surface area contributed by atoms with E-state index in [2.05, 4.69) is 41.3 Å².